The van der Waals surface area contributed by atoms with Gasteiger partial charge in [-0.15, -0.1) is 11.6 Å². The molecule has 2 aromatic carbocycles. The highest BCUT2D eigenvalue weighted by atomic mass is 35.5. The zero-order valence-electron chi connectivity index (χ0n) is 12.0. The van der Waals surface area contributed by atoms with Crippen LogP contribution in [0.15, 0.2) is 36.4 Å². The largest absolute Gasteiger partial charge is 0.496 e. The maximum absolute atomic E-state index is 6.57. The molecular weight excluding hydrogens is 311 g/mol. The van der Waals surface area contributed by atoms with Gasteiger partial charge in [-0.3, -0.25) is 0 Å². The zero-order chi connectivity index (χ0) is 15.4. The summed E-state index contributed by atoms with van der Waals surface area (Å²) in [7, 11) is 4.78. The maximum Gasteiger partial charge on any atom is 0.161 e. The molecule has 0 aliphatic rings. The second kappa shape index (κ2) is 6.92. The van der Waals surface area contributed by atoms with Gasteiger partial charge < -0.3 is 14.2 Å². The van der Waals surface area contributed by atoms with Gasteiger partial charge in [-0.2, -0.15) is 0 Å². The minimum absolute atomic E-state index is 0.378. The first kappa shape index (κ1) is 15.8. The number of hydrogen-bond donors (Lipinski definition) is 0. The SMILES string of the molecule is COc1ccc(C(Cl)c2ccc(Cl)cc2OC)cc1OC. The van der Waals surface area contributed by atoms with E-state index in [1.165, 1.54) is 0 Å². The van der Waals surface area contributed by atoms with E-state index in [2.05, 4.69) is 0 Å². The van der Waals surface area contributed by atoms with Crippen LogP contribution in [0.1, 0.15) is 16.5 Å². The second-order valence-electron chi connectivity index (χ2n) is 4.36. The summed E-state index contributed by atoms with van der Waals surface area (Å²) in [6, 6.07) is 11.0. The number of benzene rings is 2. The lowest BCUT2D eigenvalue weighted by atomic mass is 10.0. The molecule has 0 saturated heterocycles. The lowest BCUT2D eigenvalue weighted by Crippen LogP contribution is -1.99. The van der Waals surface area contributed by atoms with Crippen molar-refractivity contribution in [2.75, 3.05) is 21.3 Å². The fourth-order valence-corrected chi connectivity index (χ4v) is 2.56. The smallest absolute Gasteiger partial charge is 0.161 e. The van der Waals surface area contributed by atoms with E-state index in [0.717, 1.165) is 11.1 Å². The van der Waals surface area contributed by atoms with E-state index in [4.69, 9.17) is 37.4 Å². The average molecular weight is 327 g/mol. The Balaban J connectivity index is 2.42. The highest BCUT2D eigenvalue weighted by molar-refractivity contribution is 6.30. The second-order valence-corrected chi connectivity index (χ2v) is 5.24. The Kier molecular flexibility index (Phi) is 5.21. The van der Waals surface area contributed by atoms with E-state index in [9.17, 15) is 0 Å². The summed E-state index contributed by atoms with van der Waals surface area (Å²) in [4.78, 5) is 0. The van der Waals surface area contributed by atoms with E-state index < -0.39 is 0 Å². The van der Waals surface area contributed by atoms with Gasteiger partial charge in [0, 0.05) is 10.6 Å². The molecule has 1 unspecified atom stereocenters. The van der Waals surface area contributed by atoms with E-state index in [0.29, 0.717) is 22.3 Å². The molecule has 3 nitrogen and oxygen atoms in total. The van der Waals surface area contributed by atoms with Crippen LogP contribution in [0, 0.1) is 0 Å². The number of rotatable bonds is 5. The maximum atomic E-state index is 6.57. The molecule has 0 aromatic heterocycles. The molecule has 1 atom stereocenters. The van der Waals surface area contributed by atoms with Crippen molar-refractivity contribution >= 4 is 23.2 Å². The fourth-order valence-electron chi connectivity index (χ4n) is 2.08. The molecule has 0 radical (unpaired) electrons. The standard InChI is InChI=1S/C16H16Cl2O3/c1-19-13-7-4-10(8-15(13)21-3)16(18)12-6-5-11(17)9-14(12)20-2/h4-9,16H,1-3H3. The summed E-state index contributed by atoms with van der Waals surface area (Å²) in [5, 5.41) is 0.226. The van der Waals surface area contributed by atoms with Crippen LogP contribution >= 0.6 is 23.2 Å². The van der Waals surface area contributed by atoms with E-state index in [1.807, 2.05) is 24.3 Å². The van der Waals surface area contributed by atoms with Gasteiger partial charge >= 0.3 is 0 Å². The minimum Gasteiger partial charge on any atom is -0.496 e. The third kappa shape index (κ3) is 3.36. The Bertz CT molecular complexity index is 629. The van der Waals surface area contributed by atoms with Crippen molar-refractivity contribution in [1.82, 2.24) is 0 Å². The lowest BCUT2D eigenvalue weighted by Gasteiger charge is -2.16. The van der Waals surface area contributed by atoms with Gasteiger partial charge in [-0.1, -0.05) is 23.7 Å². The zero-order valence-corrected chi connectivity index (χ0v) is 13.5. The highest BCUT2D eigenvalue weighted by Crippen LogP contribution is 2.39. The lowest BCUT2D eigenvalue weighted by molar-refractivity contribution is 0.354. The topological polar surface area (TPSA) is 27.7 Å². The molecule has 0 spiro atoms. The molecule has 112 valence electrons. The van der Waals surface area contributed by atoms with E-state index >= 15 is 0 Å². The van der Waals surface area contributed by atoms with Gasteiger partial charge in [0.15, 0.2) is 11.5 Å². The molecule has 2 rings (SSSR count). The minimum atomic E-state index is -0.378. The summed E-state index contributed by atoms with van der Waals surface area (Å²) >= 11 is 12.5. The van der Waals surface area contributed by atoms with Crippen molar-refractivity contribution in [2.24, 2.45) is 0 Å². The first-order valence-electron chi connectivity index (χ1n) is 6.30. The Hall–Kier alpha value is -1.58. The van der Waals surface area contributed by atoms with Crippen LogP contribution in [0.4, 0.5) is 0 Å². The molecular formula is C16H16Cl2O3. The monoisotopic (exact) mass is 326 g/mol. The molecule has 0 aliphatic heterocycles. The molecule has 0 saturated carbocycles. The third-order valence-electron chi connectivity index (χ3n) is 3.17. The van der Waals surface area contributed by atoms with Crippen molar-refractivity contribution in [3.05, 3.63) is 52.5 Å². The van der Waals surface area contributed by atoms with Crippen molar-refractivity contribution in [3.63, 3.8) is 0 Å². The third-order valence-corrected chi connectivity index (χ3v) is 3.89. The van der Waals surface area contributed by atoms with Crippen LogP contribution in [0.3, 0.4) is 0 Å². The number of ether oxygens (including phenoxy) is 3. The molecule has 0 heterocycles. The Morgan fingerprint density at radius 2 is 1.48 bits per heavy atom. The summed E-state index contributed by atoms with van der Waals surface area (Å²) < 4.78 is 15.9. The summed E-state index contributed by atoms with van der Waals surface area (Å²) in [5.74, 6) is 1.94. The number of methoxy groups -OCH3 is 3. The Labute approximate surface area is 134 Å². The van der Waals surface area contributed by atoms with Crippen molar-refractivity contribution < 1.29 is 14.2 Å². The molecule has 0 N–H and O–H groups in total. The van der Waals surface area contributed by atoms with Gasteiger partial charge in [0.1, 0.15) is 5.75 Å². The van der Waals surface area contributed by atoms with Crippen LogP contribution in [0.5, 0.6) is 17.2 Å². The molecule has 0 bridgehead atoms. The number of alkyl halides is 1. The molecule has 0 aliphatic carbocycles. The van der Waals surface area contributed by atoms with E-state index in [-0.39, 0.29) is 5.38 Å². The number of halogens is 2. The highest BCUT2D eigenvalue weighted by Gasteiger charge is 2.18. The predicted octanol–water partition coefficient (Wildman–Crippen LogP) is 4.69. The van der Waals surface area contributed by atoms with Crippen LogP contribution in [-0.4, -0.2) is 21.3 Å². The first-order chi connectivity index (χ1) is 10.1. The van der Waals surface area contributed by atoms with Gasteiger partial charge in [0.2, 0.25) is 0 Å². The molecule has 0 fully saturated rings. The van der Waals surface area contributed by atoms with Crippen molar-refractivity contribution in [3.8, 4) is 17.2 Å². The first-order valence-corrected chi connectivity index (χ1v) is 7.11. The van der Waals surface area contributed by atoms with Crippen LogP contribution in [-0.2, 0) is 0 Å². The van der Waals surface area contributed by atoms with Crippen molar-refractivity contribution in [2.45, 2.75) is 5.38 Å². The Morgan fingerprint density at radius 1 is 0.810 bits per heavy atom. The van der Waals surface area contributed by atoms with Crippen LogP contribution in [0.2, 0.25) is 5.02 Å². The van der Waals surface area contributed by atoms with Gasteiger partial charge in [-0.25, -0.2) is 0 Å². The van der Waals surface area contributed by atoms with Gasteiger partial charge in [0.25, 0.3) is 0 Å². The molecule has 0 amide bonds. The quantitative estimate of drug-likeness (QED) is 0.746. The van der Waals surface area contributed by atoms with Crippen LogP contribution < -0.4 is 14.2 Å². The molecule has 5 heteroatoms. The summed E-state index contributed by atoms with van der Waals surface area (Å²) in [6.07, 6.45) is 0. The predicted molar refractivity (Wildman–Crippen MR) is 85.2 cm³/mol. The van der Waals surface area contributed by atoms with Gasteiger partial charge in [-0.05, 0) is 29.8 Å². The summed E-state index contributed by atoms with van der Waals surface area (Å²) in [5.41, 5.74) is 1.73. The molecule has 2 aromatic rings. The van der Waals surface area contributed by atoms with Crippen molar-refractivity contribution in [1.29, 1.82) is 0 Å². The van der Waals surface area contributed by atoms with Gasteiger partial charge in [0.05, 0.1) is 26.7 Å². The molecule has 21 heavy (non-hydrogen) atoms. The van der Waals surface area contributed by atoms with Crippen LogP contribution in [0.25, 0.3) is 0 Å². The summed E-state index contributed by atoms with van der Waals surface area (Å²) in [6.45, 7) is 0. The fraction of sp³-hybridized carbons (Fsp3) is 0.250. The van der Waals surface area contributed by atoms with E-state index in [1.54, 1.807) is 33.5 Å². The normalized spacial score (nSPS) is 11.9. The Morgan fingerprint density at radius 3 is 2.10 bits per heavy atom. The number of hydrogen-bond acceptors (Lipinski definition) is 3. The average Bonchev–Trinajstić information content (AvgIpc) is 2.53.